The van der Waals surface area contributed by atoms with E-state index in [0.717, 1.165) is 11.1 Å². The van der Waals surface area contributed by atoms with E-state index in [1.165, 1.54) is 26.1 Å². The summed E-state index contributed by atoms with van der Waals surface area (Å²) < 4.78 is 39.9. The molecule has 0 saturated carbocycles. The quantitative estimate of drug-likeness (QED) is 0.519. The Kier molecular flexibility index (Phi) is 6.40. The Bertz CT molecular complexity index is 963. The molecule has 0 aliphatic carbocycles. The summed E-state index contributed by atoms with van der Waals surface area (Å²) >= 11 is 6.20. The van der Waals surface area contributed by atoms with Crippen LogP contribution in [0.1, 0.15) is 24.2 Å². The molecule has 1 saturated heterocycles. The second-order valence-corrected chi connectivity index (χ2v) is 7.59. The minimum Gasteiger partial charge on any atom is -0.344 e. The van der Waals surface area contributed by atoms with Crippen molar-refractivity contribution in [2.75, 3.05) is 26.7 Å². The summed E-state index contributed by atoms with van der Waals surface area (Å²) in [6.07, 6.45) is -2.90. The lowest BCUT2D eigenvalue weighted by atomic mass is 10.0. The lowest BCUT2D eigenvalue weighted by Gasteiger charge is -2.41. The van der Waals surface area contributed by atoms with Gasteiger partial charge in [0, 0.05) is 39.8 Å². The van der Waals surface area contributed by atoms with Gasteiger partial charge in [0.05, 0.1) is 17.4 Å². The smallest absolute Gasteiger partial charge is 0.344 e. The van der Waals surface area contributed by atoms with E-state index in [0.29, 0.717) is 18.7 Å². The Balaban J connectivity index is 2.00. The minimum atomic E-state index is -4.56. The zero-order valence-electron chi connectivity index (χ0n) is 16.9. The molecule has 31 heavy (non-hydrogen) atoms. The maximum absolute atomic E-state index is 13.3. The van der Waals surface area contributed by atoms with E-state index >= 15 is 0 Å². The van der Waals surface area contributed by atoms with Crippen LogP contribution in [-0.4, -0.2) is 76.7 Å². The van der Waals surface area contributed by atoms with Gasteiger partial charge >= 0.3 is 6.18 Å². The largest absolute Gasteiger partial charge is 0.429 e. The first-order valence-corrected chi connectivity index (χ1v) is 9.80. The summed E-state index contributed by atoms with van der Waals surface area (Å²) in [5.74, 6) is -0.462. The molecule has 11 heteroatoms. The highest BCUT2D eigenvalue weighted by Crippen LogP contribution is 2.34. The number of pyridine rings is 1. The van der Waals surface area contributed by atoms with E-state index in [9.17, 15) is 22.8 Å². The predicted octanol–water partition coefficient (Wildman–Crippen LogP) is 2.90. The van der Waals surface area contributed by atoms with Gasteiger partial charge in [-0.15, -0.1) is 0 Å². The molecule has 3 heterocycles. The van der Waals surface area contributed by atoms with E-state index in [4.69, 9.17) is 11.6 Å². The molecule has 2 aliphatic rings. The van der Waals surface area contributed by atoms with Gasteiger partial charge in [0.25, 0.3) is 0 Å². The zero-order valence-corrected chi connectivity index (χ0v) is 17.7. The number of carbonyl (C=O) groups is 2. The Morgan fingerprint density at radius 2 is 2.00 bits per heavy atom. The Labute approximate surface area is 182 Å². The van der Waals surface area contributed by atoms with Crippen molar-refractivity contribution < 1.29 is 22.8 Å². The van der Waals surface area contributed by atoms with Gasteiger partial charge in [-0.25, -0.2) is 4.98 Å². The van der Waals surface area contributed by atoms with Gasteiger partial charge in [0.2, 0.25) is 18.0 Å². The van der Waals surface area contributed by atoms with Crippen molar-refractivity contribution in [3.8, 4) is 0 Å². The van der Waals surface area contributed by atoms with Crippen LogP contribution in [0.15, 0.2) is 35.9 Å². The van der Waals surface area contributed by atoms with Gasteiger partial charge in [-0.3, -0.25) is 14.6 Å². The molecule has 1 aromatic rings. The van der Waals surface area contributed by atoms with E-state index in [-0.39, 0.29) is 34.9 Å². The highest BCUT2D eigenvalue weighted by atomic mass is 35.5. The fourth-order valence-corrected chi connectivity index (χ4v) is 3.95. The first-order chi connectivity index (χ1) is 14.5. The molecule has 0 aromatic carbocycles. The number of rotatable bonds is 3. The van der Waals surface area contributed by atoms with Crippen LogP contribution in [0.25, 0.3) is 5.70 Å². The molecule has 1 fully saturated rings. The Morgan fingerprint density at radius 3 is 2.61 bits per heavy atom. The summed E-state index contributed by atoms with van der Waals surface area (Å²) in [5, 5.41) is 0.0588. The molecule has 1 aromatic heterocycles. The third kappa shape index (κ3) is 4.73. The number of alkyl halides is 3. The van der Waals surface area contributed by atoms with Crippen molar-refractivity contribution in [2.45, 2.75) is 25.3 Å². The highest BCUT2D eigenvalue weighted by molar-refractivity contribution is 6.29. The molecule has 166 valence electrons. The second-order valence-electron chi connectivity index (χ2n) is 7.20. The molecule has 2 amide bonds. The Morgan fingerprint density at radius 1 is 1.29 bits per heavy atom. The zero-order chi connectivity index (χ0) is 22.9. The molecular weight excluding hydrogens is 435 g/mol. The highest BCUT2D eigenvalue weighted by Gasteiger charge is 2.44. The van der Waals surface area contributed by atoms with E-state index in [1.54, 1.807) is 21.9 Å². The van der Waals surface area contributed by atoms with Gasteiger partial charge in [0.1, 0.15) is 5.15 Å². The van der Waals surface area contributed by atoms with Crippen LogP contribution in [0, 0.1) is 0 Å². The molecule has 2 aliphatic heterocycles. The normalized spacial score (nSPS) is 21.7. The number of halogens is 4. The number of carbonyl (C=O) groups excluding carboxylic acids is 2. The maximum atomic E-state index is 13.3. The second kappa shape index (κ2) is 8.70. The van der Waals surface area contributed by atoms with E-state index < -0.39 is 18.4 Å². The fourth-order valence-electron chi connectivity index (χ4n) is 3.73. The molecule has 0 radical (unpaired) electrons. The average molecular weight is 456 g/mol. The number of hydrogen-bond donors (Lipinski definition) is 0. The number of nitrogens with zero attached hydrogens (tertiary/aromatic N) is 5. The lowest BCUT2D eigenvalue weighted by molar-refractivity contribution is -0.170. The van der Waals surface area contributed by atoms with Gasteiger partial charge in [0.15, 0.2) is 0 Å². The summed E-state index contributed by atoms with van der Waals surface area (Å²) in [7, 11) is 1.27. The van der Waals surface area contributed by atoms with Crippen LogP contribution in [0.4, 0.5) is 13.2 Å². The Hall–Kier alpha value is -2.88. The average Bonchev–Trinajstić information content (AvgIpc) is 2.71. The topological polar surface area (TPSA) is 69.1 Å². The standard InChI is InChI=1S/C20H21ClF3N5O2/c1-4-18(31)28-7-8-29(12(2)30)16(11-28)13-9-14(26-17(21)10-13)15-5-6-25-19(27(15)3)20(22,23)24/h4-6,9-10,16,19H,1,7-8,11H2,2-3H3/t16?,19-/m0/s1. The third-order valence-corrected chi connectivity index (χ3v) is 5.43. The molecule has 0 spiro atoms. The van der Waals surface area contributed by atoms with Crippen LogP contribution in [-0.2, 0) is 9.59 Å². The van der Waals surface area contributed by atoms with Crippen LogP contribution in [0.5, 0.6) is 0 Å². The van der Waals surface area contributed by atoms with Crippen molar-refractivity contribution in [3.63, 3.8) is 0 Å². The number of amides is 2. The SMILES string of the molecule is C=CC(=O)N1CCN(C(C)=O)C(c2cc(Cl)nc(C3=CC=N[C@H](C(F)(F)F)N3C)c2)C1. The monoisotopic (exact) mass is 455 g/mol. The predicted molar refractivity (Wildman–Crippen MR) is 110 cm³/mol. The third-order valence-electron chi connectivity index (χ3n) is 5.23. The molecule has 0 N–H and O–H groups in total. The maximum Gasteiger partial charge on any atom is 0.429 e. The van der Waals surface area contributed by atoms with Crippen LogP contribution in [0.3, 0.4) is 0 Å². The number of allylic oxidation sites excluding steroid dienone is 1. The number of hydrogen-bond acceptors (Lipinski definition) is 5. The van der Waals surface area contributed by atoms with Crippen molar-refractivity contribution in [1.82, 2.24) is 19.7 Å². The molecule has 0 bridgehead atoms. The molecule has 2 atom stereocenters. The first-order valence-electron chi connectivity index (χ1n) is 9.42. The van der Waals surface area contributed by atoms with Crippen LogP contribution in [0.2, 0.25) is 5.15 Å². The van der Waals surface area contributed by atoms with Crippen LogP contribution < -0.4 is 0 Å². The van der Waals surface area contributed by atoms with Gasteiger partial charge < -0.3 is 14.7 Å². The van der Waals surface area contributed by atoms with Crippen molar-refractivity contribution in [2.24, 2.45) is 4.99 Å². The van der Waals surface area contributed by atoms with Crippen LogP contribution >= 0.6 is 11.6 Å². The lowest BCUT2D eigenvalue weighted by Crippen LogP contribution is -2.51. The minimum absolute atomic E-state index is 0.0588. The van der Waals surface area contributed by atoms with Gasteiger partial charge in [-0.1, -0.05) is 18.2 Å². The summed E-state index contributed by atoms with van der Waals surface area (Å²) in [5.41, 5.74) is 0.957. The van der Waals surface area contributed by atoms with Gasteiger partial charge in [-0.05, 0) is 29.8 Å². The van der Waals surface area contributed by atoms with Crippen molar-refractivity contribution >= 4 is 35.3 Å². The molecular formula is C20H21ClF3N5O2. The summed E-state index contributed by atoms with van der Waals surface area (Å²) in [6.45, 7) is 5.77. The summed E-state index contributed by atoms with van der Waals surface area (Å²) in [6, 6.07) is 2.60. The molecule has 1 unspecified atom stereocenters. The molecule has 7 nitrogen and oxygen atoms in total. The molecule has 3 rings (SSSR count). The van der Waals surface area contributed by atoms with E-state index in [2.05, 4.69) is 16.6 Å². The van der Waals surface area contributed by atoms with Crippen molar-refractivity contribution in [3.05, 3.63) is 47.3 Å². The van der Waals surface area contributed by atoms with Gasteiger partial charge in [-0.2, -0.15) is 13.2 Å². The number of piperazine rings is 1. The first kappa shape index (κ1) is 22.8. The van der Waals surface area contributed by atoms with E-state index in [1.807, 2.05) is 0 Å². The fraction of sp³-hybridized carbons (Fsp3) is 0.400. The number of aromatic nitrogens is 1. The van der Waals surface area contributed by atoms with Crippen molar-refractivity contribution in [1.29, 1.82) is 0 Å². The number of aliphatic imine (C=N–C) groups is 1. The summed E-state index contributed by atoms with van der Waals surface area (Å²) in [4.78, 5) is 36.1.